The zero-order chi connectivity index (χ0) is 34.8. The number of hydrogen-bond acceptors (Lipinski definition) is 8. The fraction of sp³-hybridized carbons (Fsp3) is 0.706. The molecule has 0 heterocycles. The van der Waals surface area contributed by atoms with E-state index in [9.17, 15) is 25.9 Å². The summed E-state index contributed by atoms with van der Waals surface area (Å²) in [4.78, 5) is 0.428. The van der Waals surface area contributed by atoms with Gasteiger partial charge in [-0.2, -0.15) is 16.8 Å². The van der Waals surface area contributed by atoms with E-state index in [2.05, 4.69) is 27.7 Å². The molecule has 0 aliphatic rings. The summed E-state index contributed by atoms with van der Waals surface area (Å²) in [5.41, 5.74) is 1.09. The van der Waals surface area contributed by atoms with Crippen molar-refractivity contribution >= 4 is 31.0 Å². The molecule has 0 aromatic heterocycles. The highest BCUT2D eigenvalue weighted by molar-refractivity contribution is 7.89. The van der Waals surface area contributed by atoms with E-state index in [1.54, 1.807) is 23.1 Å². The fourth-order valence-corrected chi connectivity index (χ4v) is 8.08. The van der Waals surface area contributed by atoms with E-state index in [0.717, 1.165) is 56.9 Å². The highest BCUT2D eigenvalue weighted by Crippen LogP contribution is 2.38. The van der Waals surface area contributed by atoms with Gasteiger partial charge in [0.15, 0.2) is 0 Å². The van der Waals surface area contributed by atoms with Gasteiger partial charge in [-0.1, -0.05) is 103 Å². The van der Waals surface area contributed by atoms with Gasteiger partial charge < -0.3 is 15.3 Å². The van der Waals surface area contributed by atoms with Crippen molar-refractivity contribution in [3.05, 3.63) is 35.4 Å². The quantitative estimate of drug-likeness (QED) is 0.0741. The van der Waals surface area contributed by atoms with E-state index < -0.39 is 30.0 Å². The Bertz CT molecular complexity index is 1350. The van der Waals surface area contributed by atoms with Gasteiger partial charge in [-0.15, -0.1) is 0 Å². The molecule has 5 N–H and O–H groups in total. The molecule has 0 unspecified atom stereocenters. The fourth-order valence-electron chi connectivity index (χ4n) is 5.76. The molecule has 2 rings (SSSR count). The van der Waals surface area contributed by atoms with Crippen LogP contribution in [-0.4, -0.2) is 85.6 Å². The number of aliphatic hydroxyl groups excluding tert-OH is 3. The third-order valence-corrected chi connectivity index (χ3v) is 10.1. The third kappa shape index (κ3) is 15.5. The Morgan fingerprint density at radius 1 is 0.565 bits per heavy atom. The Morgan fingerprint density at radius 3 is 1.35 bits per heavy atom. The summed E-state index contributed by atoms with van der Waals surface area (Å²) in [6.07, 6.45) is 10.9. The van der Waals surface area contributed by atoms with Crippen LogP contribution in [0.3, 0.4) is 0 Å². The zero-order valence-electron chi connectivity index (χ0n) is 28.3. The van der Waals surface area contributed by atoms with E-state index in [4.69, 9.17) is 15.3 Å². The van der Waals surface area contributed by atoms with Crippen molar-refractivity contribution in [2.75, 3.05) is 39.5 Å². The van der Waals surface area contributed by atoms with Crippen LogP contribution < -0.4 is 0 Å². The lowest BCUT2D eigenvalue weighted by Crippen LogP contribution is -2.32. The number of hydrogen-bond donors (Lipinski definition) is 5. The number of aryl methyl sites for hydroxylation is 1. The SMILES string of the molecule is CC(C)CCCCCCc1c(S(=O)(=O)O)c(S(=O)(=O)O)c2ccccc2c1CCCCCCC(C)C.OCCN(CCO)CCO. The predicted octanol–water partition coefficient (Wildman–Crippen LogP) is 5.90. The van der Waals surface area contributed by atoms with Gasteiger partial charge in [0.25, 0.3) is 20.2 Å². The number of nitrogens with zero attached hydrogens (tertiary/aromatic N) is 1. The monoisotopic (exact) mass is 689 g/mol. The second-order valence-electron chi connectivity index (χ2n) is 12.8. The molecule has 0 aliphatic carbocycles. The van der Waals surface area contributed by atoms with Crippen LogP contribution in [0.15, 0.2) is 34.1 Å². The van der Waals surface area contributed by atoms with Crippen molar-refractivity contribution in [1.82, 2.24) is 4.90 Å². The minimum Gasteiger partial charge on any atom is -0.395 e. The first-order valence-corrected chi connectivity index (χ1v) is 19.6. The molecule has 0 spiro atoms. The molecule has 0 bridgehead atoms. The molecule has 2 aromatic rings. The topological polar surface area (TPSA) is 173 Å². The number of unbranched alkanes of at least 4 members (excludes halogenated alkanes) is 6. The molecule has 12 heteroatoms. The maximum Gasteiger partial charge on any atom is 0.296 e. The molecule has 0 saturated carbocycles. The number of aliphatic hydroxyl groups is 3. The van der Waals surface area contributed by atoms with Gasteiger partial charge in [-0.05, 0) is 54.0 Å². The van der Waals surface area contributed by atoms with Crippen molar-refractivity contribution < 1.29 is 41.3 Å². The van der Waals surface area contributed by atoms with Crippen LogP contribution in [0.5, 0.6) is 0 Å². The third-order valence-electron chi connectivity index (χ3n) is 8.02. The minimum absolute atomic E-state index is 0.0694. The predicted molar refractivity (Wildman–Crippen MR) is 185 cm³/mol. The molecule has 0 saturated heterocycles. The Balaban J connectivity index is 0.000000908. The normalized spacial score (nSPS) is 12.3. The first-order valence-electron chi connectivity index (χ1n) is 16.7. The molecule has 0 amide bonds. The molecule has 266 valence electrons. The first kappa shape index (κ1) is 42.4. The molecular weight excluding hydrogens is 631 g/mol. The number of rotatable bonds is 22. The van der Waals surface area contributed by atoms with Gasteiger partial charge in [0.2, 0.25) is 0 Å². The molecule has 10 nitrogen and oxygen atoms in total. The molecule has 0 atom stereocenters. The van der Waals surface area contributed by atoms with E-state index in [-0.39, 0.29) is 25.2 Å². The van der Waals surface area contributed by atoms with E-state index in [1.807, 2.05) is 0 Å². The van der Waals surface area contributed by atoms with Gasteiger partial charge >= 0.3 is 0 Å². The van der Waals surface area contributed by atoms with E-state index >= 15 is 0 Å². The lowest BCUT2D eigenvalue weighted by molar-refractivity contribution is 0.136. The molecule has 46 heavy (non-hydrogen) atoms. The van der Waals surface area contributed by atoms with Crippen LogP contribution in [0.1, 0.15) is 103 Å². The van der Waals surface area contributed by atoms with Crippen LogP contribution in [0, 0.1) is 11.8 Å². The Morgan fingerprint density at radius 2 is 0.957 bits per heavy atom. The Kier molecular flexibility index (Phi) is 20.3. The van der Waals surface area contributed by atoms with Crippen LogP contribution in [-0.2, 0) is 33.1 Å². The summed E-state index contributed by atoms with van der Waals surface area (Å²) in [7, 11) is -9.82. The summed E-state index contributed by atoms with van der Waals surface area (Å²) >= 11 is 0. The standard InChI is InChI=1S/C28H44O6S2.C6H15NO3/c1-21(2)15-9-5-7-11-17-23-24-18-13-14-20-26(24)28(36(32,33)34)27(35(29,30)31)25(23)19-12-8-6-10-16-22(3)4;8-4-1-7(2-5-9)3-6-10/h13-14,18,20-22H,5-12,15-17,19H2,1-4H3,(H,29,30,31)(H,32,33,34);8-10H,1-6H2. The van der Waals surface area contributed by atoms with Gasteiger partial charge in [-0.3, -0.25) is 14.0 Å². The van der Waals surface area contributed by atoms with E-state index in [1.165, 1.54) is 12.5 Å². The van der Waals surface area contributed by atoms with Gasteiger partial charge in [0.05, 0.1) is 19.8 Å². The summed E-state index contributed by atoms with van der Waals surface area (Å²) in [5.74, 6) is 1.28. The van der Waals surface area contributed by atoms with Crippen LogP contribution in [0.25, 0.3) is 10.8 Å². The summed E-state index contributed by atoms with van der Waals surface area (Å²) in [6, 6.07) is 6.66. The van der Waals surface area contributed by atoms with Gasteiger partial charge in [0.1, 0.15) is 9.79 Å². The van der Waals surface area contributed by atoms with Crippen molar-refractivity contribution in [1.29, 1.82) is 0 Å². The van der Waals surface area contributed by atoms with Gasteiger partial charge in [-0.25, -0.2) is 0 Å². The smallest absolute Gasteiger partial charge is 0.296 e. The molecule has 2 aromatic carbocycles. The van der Waals surface area contributed by atoms with Crippen molar-refractivity contribution in [3.63, 3.8) is 0 Å². The Hall–Kier alpha value is -1.64. The summed E-state index contributed by atoms with van der Waals surface area (Å²) in [5, 5.41) is 26.2. The molecule has 0 fully saturated rings. The highest BCUT2D eigenvalue weighted by atomic mass is 32.2. The average molecular weight is 690 g/mol. The Labute approximate surface area is 277 Å². The maximum atomic E-state index is 12.6. The second kappa shape index (κ2) is 22.1. The maximum absolute atomic E-state index is 12.6. The lowest BCUT2D eigenvalue weighted by atomic mass is 9.91. The zero-order valence-corrected chi connectivity index (χ0v) is 30.0. The largest absolute Gasteiger partial charge is 0.395 e. The molecule has 0 aliphatic heterocycles. The highest BCUT2D eigenvalue weighted by Gasteiger charge is 2.32. The van der Waals surface area contributed by atoms with E-state index in [0.29, 0.717) is 61.7 Å². The second-order valence-corrected chi connectivity index (χ2v) is 15.5. The molecule has 0 radical (unpaired) electrons. The van der Waals surface area contributed by atoms with Crippen LogP contribution >= 0.6 is 0 Å². The van der Waals surface area contributed by atoms with Crippen LogP contribution in [0.2, 0.25) is 0 Å². The summed E-state index contributed by atoms with van der Waals surface area (Å²) < 4.78 is 70.3. The molecular formula is C34H59NO9S2. The van der Waals surface area contributed by atoms with Crippen molar-refractivity contribution in [2.24, 2.45) is 11.8 Å². The van der Waals surface area contributed by atoms with Gasteiger partial charge in [0, 0.05) is 25.0 Å². The van der Waals surface area contributed by atoms with Crippen molar-refractivity contribution in [3.8, 4) is 0 Å². The number of benzene rings is 2. The summed E-state index contributed by atoms with van der Waals surface area (Å²) in [6.45, 7) is 10.5. The van der Waals surface area contributed by atoms with Crippen molar-refractivity contribution in [2.45, 2.75) is 115 Å². The van der Waals surface area contributed by atoms with Crippen LogP contribution in [0.4, 0.5) is 0 Å². The lowest BCUT2D eigenvalue weighted by Gasteiger charge is -2.20. The first-order chi connectivity index (χ1) is 21.7. The number of fused-ring (bicyclic) bond motifs is 1. The minimum atomic E-state index is -4.91. The average Bonchev–Trinajstić information content (AvgIpc) is 2.96.